The van der Waals surface area contributed by atoms with Gasteiger partial charge >= 0.3 is 6.09 Å². The van der Waals surface area contributed by atoms with Crippen molar-refractivity contribution in [3.63, 3.8) is 0 Å². The van der Waals surface area contributed by atoms with Crippen molar-refractivity contribution < 1.29 is 9.53 Å². The highest BCUT2D eigenvalue weighted by atomic mass is 32.1. The summed E-state index contributed by atoms with van der Waals surface area (Å²) in [5.74, 6) is 1.33. The topological polar surface area (TPSA) is 84.3 Å². The first-order valence-electron chi connectivity index (χ1n) is 14.7. The highest BCUT2D eigenvalue weighted by Gasteiger charge is 2.36. The van der Waals surface area contributed by atoms with Crippen molar-refractivity contribution in [2.75, 3.05) is 24.5 Å². The molecular weight excluding hydrogens is 520 g/mol. The highest BCUT2D eigenvalue weighted by molar-refractivity contribution is 7.14. The fraction of sp³-hybridized carbons (Fsp3) is 0.581. The Morgan fingerprint density at radius 2 is 1.95 bits per heavy atom. The van der Waals surface area contributed by atoms with Gasteiger partial charge in [-0.15, -0.1) is 10.2 Å². The van der Waals surface area contributed by atoms with Crippen LogP contribution in [0.4, 0.5) is 10.5 Å². The molecule has 0 radical (unpaired) electrons. The SMILES string of the molecule is CC(c1ccc(N2CCC[C@@H](N(CC3CC3)C(=O)OC(C)(C)C)C2)cn1)c1nnc(-c2cncc(C3CC3)c2)s1. The molecule has 0 spiro atoms. The number of hydrogen-bond acceptors (Lipinski definition) is 8. The van der Waals surface area contributed by atoms with E-state index in [1.165, 1.54) is 31.2 Å². The lowest BCUT2D eigenvalue weighted by molar-refractivity contribution is 0.0134. The highest BCUT2D eigenvalue weighted by Crippen LogP contribution is 2.41. The van der Waals surface area contributed by atoms with Crippen LogP contribution in [0.3, 0.4) is 0 Å². The van der Waals surface area contributed by atoms with Crippen LogP contribution < -0.4 is 4.90 Å². The number of piperidine rings is 1. The summed E-state index contributed by atoms with van der Waals surface area (Å²) in [4.78, 5) is 26.8. The first-order chi connectivity index (χ1) is 19.2. The minimum Gasteiger partial charge on any atom is -0.444 e. The van der Waals surface area contributed by atoms with Crippen molar-refractivity contribution in [2.45, 2.75) is 89.7 Å². The van der Waals surface area contributed by atoms with Gasteiger partial charge in [0, 0.05) is 37.6 Å². The lowest BCUT2D eigenvalue weighted by Crippen LogP contribution is -2.52. The van der Waals surface area contributed by atoms with E-state index in [2.05, 4.69) is 45.2 Å². The van der Waals surface area contributed by atoms with Crippen LogP contribution in [0.25, 0.3) is 10.6 Å². The molecular formula is C31H40N6O2S. The largest absolute Gasteiger partial charge is 0.444 e. The first-order valence-corrected chi connectivity index (χ1v) is 15.5. The Bertz CT molecular complexity index is 1330. The summed E-state index contributed by atoms with van der Waals surface area (Å²) in [5, 5.41) is 10.9. The monoisotopic (exact) mass is 560 g/mol. The van der Waals surface area contributed by atoms with Crippen LogP contribution in [0.5, 0.6) is 0 Å². The fourth-order valence-electron chi connectivity index (χ4n) is 5.42. The molecule has 1 amide bonds. The zero-order chi connectivity index (χ0) is 27.9. The van der Waals surface area contributed by atoms with Crippen molar-refractivity contribution in [3.05, 3.63) is 53.1 Å². The Kier molecular flexibility index (Phi) is 7.50. The van der Waals surface area contributed by atoms with E-state index < -0.39 is 5.60 Å². The summed E-state index contributed by atoms with van der Waals surface area (Å²) in [6.07, 6.45) is 12.6. The number of carbonyl (C=O) groups is 1. The van der Waals surface area contributed by atoms with Crippen molar-refractivity contribution in [1.82, 2.24) is 25.1 Å². The molecule has 3 aromatic heterocycles. The van der Waals surface area contributed by atoms with Crippen LogP contribution in [-0.2, 0) is 4.74 Å². The molecule has 0 aromatic carbocycles. The number of anilines is 1. The number of pyridine rings is 2. The van der Waals surface area contributed by atoms with Gasteiger partial charge in [0.25, 0.3) is 0 Å². The summed E-state index contributed by atoms with van der Waals surface area (Å²) < 4.78 is 5.80. The second-order valence-corrected chi connectivity index (χ2v) is 13.7. The van der Waals surface area contributed by atoms with Crippen molar-refractivity contribution in [3.8, 4) is 10.6 Å². The molecule has 0 bridgehead atoms. The summed E-state index contributed by atoms with van der Waals surface area (Å²) >= 11 is 1.62. The van der Waals surface area contributed by atoms with E-state index in [-0.39, 0.29) is 18.1 Å². The molecule has 8 nitrogen and oxygen atoms in total. The summed E-state index contributed by atoms with van der Waals surface area (Å²) in [6, 6.07) is 6.63. The maximum Gasteiger partial charge on any atom is 0.410 e. The van der Waals surface area contributed by atoms with E-state index in [1.807, 2.05) is 44.3 Å². The lowest BCUT2D eigenvalue weighted by Gasteiger charge is -2.40. The molecule has 1 aliphatic heterocycles. The maximum atomic E-state index is 13.1. The van der Waals surface area contributed by atoms with Gasteiger partial charge < -0.3 is 14.5 Å². The zero-order valence-electron chi connectivity index (χ0n) is 24.0. The molecule has 3 aromatic rings. The van der Waals surface area contributed by atoms with Crippen LogP contribution in [0.15, 0.2) is 36.8 Å². The minimum absolute atomic E-state index is 0.0511. The van der Waals surface area contributed by atoms with E-state index in [0.717, 1.165) is 59.4 Å². The van der Waals surface area contributed by atoms with Crippen LogP contribution in [0.1, 0.15) is 94.3 Å². The molecule has 2 atom stereocenters. The minimum atomic E-state index is -0.491. The molecule has 9 heteroatoms. The first kappa shape index (κ1) is 27.1. The number of aromatic nitrogens is 4. The maximum absolute atomic E-state index is 13.1. The molecule has 6 rings (SSSR count). The van der Waals surface area contributed by atoms with Crippen LogP contribution >= 0.6 is 11.3 Å². The van der Waals surface area contributed by atoms with Gasteiger partial charge in [-0.1, -0.05) is 18.3 Å². The third kappa shape index (κ3) is 6.45. The smallest absolute Gasteiger partial charge is 0.410 e. The molecule has 212 valence electrons. The molecule has 3 aliphatic rings. The van der Waals surface area contributed by atoms with Gasteiger partial charge in [-0.05, 0) is 94.9 Å². The predicted molar refractivity (Wildman–Crippen MR) is 158 cm³/mol. The molecule has 4 heterocycles. The standard InChI is InChI=1S/C31H40N6O2S/c1-20(28-34-35-29(40-28)24-14-23(15-32-16-24)22-9-10-22)27-12-11-25(17-33-27)36-13-5-6-26(19-36)37(18-21-7-8-21)30(38)39-31(2,3)4/h11-12,14-17,20-22,26H,5-10,13,18-19H2,1-4H3/t20?,26-/m1/s1. The third-order valence-corrected chi connectivity index (χ3v) is 9.22. The summed E-state index contributed by atoms with van der Waals surface area (Å²) in [5.41, 5.74) is 3.94. The second kappa shape index (κ2) is 11.1. The van der Waals surface area contributed by atoms with Crippen molar-refractivity contribution in [1.29, 1.82) is 0 Å². The molecule has 2 saturated carbocycles. The third-order valence-electron chi connectivity index (χ3n) is 8.06. The molecule has 3 fully saturated rings. The molecule has 40 heavy (non-hydrogen) atoms. The summed E-state index contributed by atoms with van der Waals surface area (Å²) in [6.45, 7) is 10.5. The quantitative estimate of drug-likeness (QED) is 0.305. The Balaban J connectivity index is 1.12. The molecule has 1 saturated heterocycles. The van der Waals surface area contributed by atoms with Gasteiger partial charge in [-0.2, -0.15) is 0 Å². The molecule has 1 unspecified atom stereocenters. The van der Waals surface area contributed by atoms with E-state index in [1.54, 1.807) is 11.3 Å². The Labute approximate surface area is 241 Å². The van der Waals surface area contributed by atoms with Gasteiger partial charge in [0.05, 0.1) is 29.5 Å². The van der Waals surface area contributed by atoms with Gasteiger partial charge in [-0.3, -0.25) is 9.97 Å². The van der Waals surface area contributed by atoms with Crippen LogP contribution in [-0.4, -0.2) is 62.4 Å². The Morgan fingerprint density at radius 1 is 1.12 bits per heavy atom. The average Bonchev–Trinajstić information content (AvgIpc) is 3.89. The molecule has 0 N–H and O–H groups in total. The van der Waals surface area contributed by atoms with Crippen LogP contribution in [0.2, 0.25) is 0 Å². The Morgan fingerprint density at radius 3 is 2.65 bits per heavy atom. The second-order valence-electron chi connectivity index (χ2n) is 12.7. The van der Waals surface area contributed by atoms with E-state index in [4.69, 9.17) is 9.72 Å². The van der Waals surface area contributed by atoms with E-state index in [0.29, 0.717) is 11.8 Å². The van der Waals surface area contributed by atoms with Gasteiger partial charge in [-0.25, -0.2) is 4.79 Å². The van der Waals surface area contributed by atoms with Crippen molar-refractivity contribution >= 4 is 23.1 Å². The lowest BCUT2D eigenvalue weighted by atomic mass is 10.0. The summed E-state index contributed by atoms with van der Waals surface area (Å²) in [7, 11) is 0. The Hall–Kier alpha value is -3.07. The number of rotatable bonds is 8. The average molecular weight is 561 g/mol. The van der Waals surface area contributed by atoms with E-state index in [9.17, 15) is 4.79 Å². The van der Waals surface area contributed by atoms with Gasteiger partial charge in [0.1, 0.15) is 15.6 Å². The number of ether oxygens (including phenoxy) is 1. The van der Waals surface area contributed by atoms with Gasteiger partial charge in [0.2, 0.25) is 0 Å². The number of hydrogen-bond donors (Lipinski definition) is 0. The normalized spacial score (nSPS) is 20.3. The zero-order valence-corrected chi connectivity index (χ0v) is 24.9. The number of nitrogens with zero attached hydrogens (tertiary/aromatic N) is 6. The van der Waals surface area contributed by atoms with Crippen molar-refractivity contribution in [2.24, 2.45) is 5.92 Å². The van der Waals surface area contributed by atoms with E-state index >= 15 is 0 Å². The van der Waals surface area contributed by atoms with Gasteiger partial charge in [0.15, 0.2) is 0 Å². The number of amides is 1. The predicted octanol–water partition coefficient (Wildman–Crippen LogP) is 6.64. The van der Waals surface area contributed by atoms with Crippen LogP contribution in [0, 0.1) is 5.92 Å². The fourth-order valence-corrected chi connectivity index (χ4v) is 6.31. The number of carbonyl (C=O) groups excluding carboxylic acids is 1. The molecule has 2 aliphatic carbocycles.